The summed E-state index contributed by atoms with van der Waals surface area (Å²) < 4.78 is 25.6. The van der Waals surface area contributed by atoms with E-state index in [0.29, 0.717) is 24.7 Å². The number of nitrogens with two attached hydrogens (primary N) is 1. The molecule has 0 aliphatic heterocycles. The lowest BCUT2D eigenvalue weighted by atomic mass is 9.98. The highest BCUT2D eigenvalue weighted by atomic mass is 32.2. The van der Waals surface area contributed by atoms with Gasteiger partial charge in [0.2, 0.25) is 0 Å². The zero-order valence-corrected chi connectivity index (χ0v) is 20.7. The Balaban J connectivity index is 1.80. The SMILES string of the molecule is CCCCS(=O)c1sc2cc(-c3cccs3)cc(-c3ccc(OCCOC)cc3)c2c1N. The van der Waals surface area contributed by atoms with Gasteiger partial charge >= 0.3 is 0 Å². The van der Waals surface area contributed by atoms with Crippen molar-refractivity contribution < 1.29 is 13.7 Å². The minimum Gasteiger partial charge on any atom is -0.491 e. The van der Waals surface area contributed by atoms with E-state index in [9.17, 15) is 4.21 Å². The average Bonchev–Trinajstić information content (AvgIpc) is 3.46. The van der Waals surface area contributed by atoms with E-state index in [-0.39, 0.29) is 0 Å². The molecule has 168 valence electrons. The summed E-state index contributed by atoms with van der Waals surface area (Å²) in [5.74, 6) is 1.45. The summed E-state index contributed by atoms with van der Waals surface area (Å²) in [4.78, 5) is 1.20. The Bertz CT molecular complexity index is 1200. The van der Waals surface area contributed by atoms with Crippen molar-refractivity contribution in [3.05, 3.63) is 53.9 Å². The number of rotatable bonds is 10. The molecule has 0 radical (unpaired) electrons. The lowest BCUT2D eigenvalue weighted by Crippen LogP contribution is -2.03. The number of unbranched alkanes of at least 4 members (excludes halogenated alkanes) is 1. The number of hydrogen-bond donors (Lipinski definition) is 1. The van der Waals surface area contributed by atoms with Gasteiger partial charge < -0.3 is 15.2 Å². The highest BCUT2D eigenvalue weighted by Crippen LogP contribution is 2.45. The first-order valence-electron chi connectivity index (χ1n) is 10.6. The van der Waals surface area contributed by atoms with E-state index in [1.54, 1.807) is 29.8 Å². The van der Waals surface area contributed by atoms with Crippen LogP contribution < -0.4 is 10.5 Å². The predicted molar refractivity (Wildman–Crippen MR) is 139 cm³/mol. The third-order valence-electron chi connectivity index (χ3n) is 5.21. The van der Waals surface area contributed by atoms with Crippen LogP contribution in [-0.4, -0.2) is 30.3 Å². The molecule has 2 aromatic heterocycles. The van der Waals surface area contributed by atoms with Gasteiger partial charge in [-0.05, 0) is 58.8 Å². The minimum absolute atomic E-state index is 0.512. The molecule has 7 heteroatoms. The molecule has 32 heavy (non-hydrogen) atoms. The molecule has 2 N–H and O–H groups in total. The van der Waals surface area contributed by atoms with Crippen LogP contribution in [-0.2, 0) is 15.5 Å². The van der Waals surface area contributed by atoms with E-state index >= 15 is 0 Å². The summed E-state index contributed by atoms with van der Waals surface area (Å²) in [6, 6.07) is 16.6. The maximum Gasteiger partial charge on any atom is 0.119 e. The number of hydrogen-bond acceptors (Lipinski definition) is 6. The van der Waals surface area contributed by atoms with E-state index in [4.69, 9.17) is 15.2 Å². The summed E-state index contributed by atoms with van der Waals surface area (Å²) in [5.41, 5.74) is 10.5. The van der Waals surface area contributed by atoms with Crippen molar-refractivity contribution in [2.24, 2.45) is 0 Å². The first-order chi connectivity index (χ1) is 15.6. The van der Waals surface area contributed by atoms with Crippen LogP contribution in [0.5, 0.6) is 5.75 Å². The molecule has 2 aromatic carbocycles. The van der Waals surface area contributed by atoms with Gasteiger partial charge in [0.1, 0.15) is 16.6 Å². The van der Waals surface area contributed by atoms with Crippen molar-refractivity contribution in [1.29, 1.82) is 0 Å². The molecule has 2 heterocycles. The zero-order chi connectivity index (χ0) is 22.5. The van der Waals surface area contributed by atoms with Crippen LogP contribution >= 0.6 is 22.7 Å². The zero-order valence-electron chi connectivity index (χ0n) is 18.3. The Labute approximate surface area is 199 Å². The number of methoxy groups -OCH3 is 1. The Hall–Kier alpha value is -2.19. The second kappa shape index (κ2) is 10.6. The molecule has 4 nitrogen and oxygen atoms in total. The predicted octanol–water partition coefficient (Wildman–Crippen LogP) is 6.81. The Kier molecular flexibility index (Phi) is 7.63. The van der Waals surface area contributed by atoms with E-state index in [2.05, 4.69) is 48.7 Å². The van der Waals surface area contributed by atoms with Crippen molar-refractivity contribution in [3.63, 3.8) is 0 Å². The Morgan fingerprint density at radius 2 is 1.88 bits per heavy atom. The molecule has 1 atom stereocenters. The monoisotopic (exact) mass is 485 g/mol. The first kappa shape index (κ1) is 23.0. The fourth-order valence-corrected chi connectivity index (χ4v) is 7.16. The maximum absolute atomic E-state index is 12.9. The Morgan fingerprint density at radius 1 is 1.06 bits per heavy atom. The number of thiophene rings is 2. The van der Waals surface area contributed by atoms with Gasteiger partial charge in [0.05, 0.1) is 23.1 Å². The van der Waals surface area contributed by atoms with Crippen LogP contribution in [0, 0.1) is 0 Å². The number of ether oxygens (including phenoxy) is 2. The molecule has 1 unspecified atom stereocenters. The summed E-state index contributed by atoms with van der Waals surface area (Å²) in [6.07, 6.45) is 1.95. The molecule has 0 saturated heterocycles. The van der Waals surface area contributed by atoms with Gasteiger partial charge in [0.15, 0.2) is 0 Å². The maximum atomic E-state index is 12.9. The van der Waals surface area contributed by atoms with Crippen LogP contribution in [0.1, 0.15) is 19.8 Å². The van der Waals surface area contributed by atoms with Crippen LogP contribution in [0.25, 0.3) is 31.7 Å². The van der Waals surface area contributed by atoms with Crippen LogP contribution in [0.15, 0.2) is 58.1 Å². The fraction of sp³-hybridized carbons (Fsp3) is 0.280. The van der Waals surface area contributed by atoms with E-state index < -0.39 is 10.8 Å². The third kappa shape index (κ3) is 4.91. The lowest BCUT2D eigenvalue weighted by Gasteiger charge is -2.10. The van der Waals surface area contributed by atoms with Crippen LogP contribution in [0.2, 0.25) is 0 Å². The minimum atomic E-state index is -1.08. The fourth-order valence-electron chi connectivity index (χ4n) is 3.55. The quantitative estimate of drug-likeness (QED) is 0.251. The summed E-state index contributed by atoms with van der Waals surface area (Å²) in [6.45, 7) is 3.17. The number of fused-ring (bicyclic) bond motifs is 1. The molecular formula is C25H27NO3S3. The molecule has 4 aromatic rings. The molecule has 0 spiro atoms. The van der Waals surface area contributed by atoms with Gasteiger partial charge in [-0.25, -0.2) is 0 Å². The van der Waals surface area contributed by atoms with E-state index in [1.165, 1.54) is 4.88 Å². The largest absolute Gasteiger partial charge is 0.491 e. The van der Waals surface area contributed by atoms with Crippen LogP contribution in [0.4, 0.5) is 5.69 Å². The van der Waals surface area contributed by atoms with Crippen molar-refractivity contribution in [1.82, 2.24) is 0 Å². The third-order valence-corrected chi connectivity index (χ3v) is 9.18. The van der Waals surface area contributed by atoms with Crippen molar-refractivity contribution in [3.8, 4) is 27.3 Å². The molecule has 0 bridgehead atoms. The second-order valence-corrected chi connectivity index (χ2v) is 11.2. The molecular weight excluding hydrogens is 458 g/mol. The number of nitrogen functional groups attached to an aromatic ring is 1. The van der Waals surface area contributed by atoms with Crippen molar-refractivity contribution in [2.75, 3.05) is 31.8 Å². The molecule has 0 saturated carbocycles. The highest BCUT2D eigenvalue weighted by Gasteiger charge is 2.20. The van der Waals surface area contributed by atoms with E-state index in [0.717, 1.165) is 49.6 Å². The molecule has 0 amide bonds. The summed E-state index contributed by atoms with van der Waals surface area (Å²) in [7, 11) is 0.580. The normalized spacial score (nSPS) is 12.3. The van der Waals surface area contributed by atoms with Crippen molar-refractivity contribution in [2.45, 2.75) is 24.0 Å². The first-order valence-corrected chi connectivity index (χ1v) is 13.6. The van der Waals surface area contributed by atoms with Gasteiger partial charge in [-0.15, -0.1) is 22.7 Å². The lowest BCUT2D eigenvalue weighted by molar-refractivity contribution is 0.146. The van der Waals surface area contributed by atoms with Gasteiger partial charge in [0.25, 0.3) is 0 Å². The number of benzene rings is 2. The van der Waals surface area contributed by atoms with Gasteiger partial charge in [-0.3, -0.25) is 4.21 Å². The van der Waals surface area contributed by atoms with Gasteiger partial charge in [0, 0.05) is 27.8 Å². The molecule has 0 aliphatic rings. The van der Waals surface area contributed by atoms with E-state index in [1.807, 2.05) is 12.1 Å². The molecule has 0 fully saturated rings. The molecule has 4 rings (SSSR count). The summed E-state index contributed by atoms with van der Waals surface area (Å²) >= 11 is 3.27. The van der Waals surface area contributed by atoms with Crippen molar-refractivity contribution >= 4 is 49.2 Å². The second-order valence-electron chi connectivity index (χ2n) is 7.45. The van der Waals surface area contributed by atoms with Gasteiger partial charge in [-0.1, -0.05) is 31.5 Å². The van der Waals surface area contributed by atoms with Gasteiger partial charge in [-0.2, -0.15) is 0 Å². The number of anilines is 1. The molecule has 0 aliphatic carbocycles. The topological polar surface area (TPSA) is 61.5 Å². The Morgan fingerprint density at radius 3 is 2.56 bits per heavy atom. The smallest absolute Gasteiger partial charge is 0.119 e. The summed E-state index contributed by atoms with van der Waals surface area (Å²) in [5, 5.41) is 3.07. The standard InChI is InChI=1S/C25H27NO3S3/c1-3-4-14-32(27)25-24(26)23-20(17-7-9-19(10-8-17)29-12-11-28-2)15-18(16-22(23)31-25)21-6-5-13-30-21/h5-10,13,15-16H,3-4,11-12,14,26H2,1-2H3. The average molecular weight is 486 g/mol. The highest BCUT2D eigenvalue weighted by molar-refractivity contribution is 7.87. The van der Waals surface area contributed by atoms with Crippen LogP contribution in [0.3, 0.4) is 0 Å².